The molecule has 0 bridgehead atoms. The van der Waals surface area contributed by atoms with E-state index in [0.29, 0.717) is 13.2 Å². The minimum atomic E-state index is -0.636. The first-order chi connectivity index (χ1) is 7.24. The van der Waals surface area contributed by atoms with E-state index in [1.54, 1.807) is 0 Å². The first-order valence-corrected chi connectivity index (χ1v) is 5.38. The third kappa shape index (κ3) is 3.12. The Morgan fingerprint density at radius 2 is 1.93 bits per heavy atom. The third-order valence-electron chi connectivity index (χ3n) is 2.52. The van der Waals surface area contributed by atoms with E-state index in [2.05, 4.69) is 0 Å². The van der Waals surface area contributed by atoms with Gasteiger partial charge in [0.05, 0.1) is 19.3 Å². The highest BCUT2D eigenvalue weighted by atomic mass is 16.7. The molecule has 1 aliphatic heterocycles. The number of aliphatic hydroxyl groups is 2. The zero-order valence-electron chi connectivity index (χ0n) is 9.26. The van der Waals surface area contributed by atoms with Crippen molar-refractivity contribution in [3.63, 3.8) is 0 Å². The fourth-order valence-electron chi connectivity index (χ4n) is 1.75. The number of ether oxygens (including phenoxy) is 3. The van der Waals surface area contributed by atoms with Gasteiger partial charge >= 0.3 is 0 Å². The van der Waals surface area contributed by atoms with Gasteiger partial charge in [0.15, 0.2) is 6.29 Å². The van der Waals surface area contributed by atoms with Gasteiger partial charge in [0.25, 0.3) is 0 Å². The average Bonchev–Trinajstić information content (AvgIpc) is 2.59. The van der Waals surface area contributed by atoms with Crippen LogP contribution in [-0.2, 0) is 14.2 Å². The van der Waals surface area contributed by atoms with Crippen molar-refractivity contribution < 1.29 is 24.4 Å². The average molecular weight is 220 g/mol. The second kappa shape index (κ2) is 6.40. The summed E-state index contributed by atoms with van der Waals surface area (Å²) in [5, 5.41) is 18.7. The Hall–Kier alpha value is -0.200. The zero-order valence-corrected chi connectivity index (χ0v) is 9.26. The van der Waals surface area contributed by atoms with E-state index in [1.807, 2.05) is 13.8 Å². The molecule has 90 valence electrons. The molecule has 2 N–H and O–H groups in total. The number of hydrogen-bond acceptors (Lipinski definition) is 5. The summed E-state index contributed by atoms with van der Waals surface area (Å²) >= 11 is 0. The van der Waals surface area contributed by atoms with Crippen LogP contribution < -0.4 is 0 Å². The topological polar surface area (TPSA) is 68.2 Å². The fourth-order valence-corrected chi connectivity index (χ4v) is 1.75. The van der Waals surface area contributed by atoms with E-state index in [-0.39, 0.29) is 25.2 Å². The molecule has 1 rings (SSSR count). The normalized spacial score (nSPS) is 31.4. The first kappa shape index (κ1) is 12.9. The highest BCUT2D eigenvalue weighted by molar-refractivity contribution is 4.85. The first-order valence-electron chi connectivity index (χ1n) is 5.38. The van der Waals surface area contributed by atoms with Crippen molar-refractivity contribution >= 4 is 0 Å². The smallest absolute Gasteiger partial charge is 0.184 e. The zero-order chi connectivity index (χ0) is 11.3. The monoisotopic (exact) mass is 220 g/mol. The molecule has 0 radical (unpaired) electrons. The van der Waals surface area contributed by atoms with Crippen molar-refractivity contribution in [2.24, 2.45) is 5.92 Å². The maximum absolute atomic E-state index is 9.55. The fraction of sp³-hybridized carbons (Fsp3) is 1.00. The van der Waals surface area contributed by atoms with E-state index in [1.165, 1.54) is 0 Å². The van der Waals surface area contributed by atoms with Crippen LogP contribution in [0.1, 0.15) is 13.8 Å². The SMILES string of the molecule is CCOC(OCC)[C@H]1OC[C@@H](O)[C@@H]1CO. The summed E-state index contributed by atoms with van der Waals surface area (Å²) in [7, 11) is 0. The molecule has 5 nitrogen and oxygen atoms in total. The molecule has 15 heavy (non-hydrogen) atoms. The lowest BCUT2D eigenvalue weighted by Crippen LogP contribution is -2.39. The molecule has 0 aromatic rings. The molecule has 5 heteroatoms. The molecule has 1 aliphatic rings. The van der Waals surface area contributed by atoms with Gasteiger partial charge < -0.3 is 24.4 Å². The Kier molecular flexibility index (Phi) is 5.49. The minimum Gasteiger partial charge on any atom is -0.396 e. The summed E-state index contributed by atoms with van der Waals surface area (Å²) in [6.45, 7) is 4.86. The summed E-state index contributed by atoms with van der Waals surface area (Å²) in [6.07, 6.45) is -1.53. The number of hydrogen-bond donors (Lipinski definition) is 2. The van der Waals surface area contributed by atoms with Gasteiger partial charge in [-0.25, -0.2) is 0 Å². The Morgan fingerprint density at radius 1 is 1.33 bits per heavy atom. The summed E-state index contributed by atoms with van der Waals surface area (Å²) in [5.41, 5.74) is 0. The van der Waals surface area contributed by atoms with Gasteiger partial charge in [-0.3, -0.25) is 0 Å². The molecule has 3 atom stereocenters. The van der Waals surface area contributed by atoms with Gasteiger partial charge in [0, 0.05) is 19.1 Å². The van der Waals surface area contributed by atoms with E-state index in [0.717, 1.165) is 0 Å². The van der Waals surface area contributed by atoms with Crippen LogP contribution in [0.15, 0.2) is 0 Å². The molecule has 0 unspecified atom stereocenters. The Labute approximate surface area is 89.9 Å². The molecular weight excluding hydrogens is 200 g/mol. The standard InChI is InChI=1S/C10H20O5/c1-3-13-10(14-4-2)9-7(5-11)8(12)6-15-9/h7-12H,3-6H2,1-2H3/t7-,8+,9-/m0/s1. The van der Waals surface area contributed by atoms with Crippen molar-refractivity contribution in [1.82, 2.24) is 0 Å². The predicted molar refractivity (Wildman–Crippen MR) is 53.4 cm³/mol. The van der Waals surface area contributed by atoms with E-state index < -0.39 is 12.4 Å². The Bertz CT molecular complexity index is 169. The highest BCUT2D eigenvalue weighted by Crippen LogP contribution is 2.25. The van der Waals surface area contributed by atoms with E-state index in [4.69, 9.17) is 19.3 Å². The van der Waals surface area contributed by atoms with Crippen LogP contribution in [0.4, 0.5) is 0 Å². The predicted octanol–water partition coefficient (Wildman–Crippen LogP) is -0.246. The lowest BCUT2D eigenvalue weighted by molar-refractivity contribution is -0.202. The molecule has 0 aromatic carbocycles. The van der Waals surface area contributed by atoms with Crippen molar-refractivity contribution in [3.05, 3.63) is 0 Å². The molecular formula is C10H20O5. The van der Waals surface area contributed by atoms with Crippen molar-refractivity contribution in [1.29, 1.82) is 0 Å². The van der Waals surface area contributed by atoms with Crippen LogP contribution in [0.5, 0.6) is 0 Å². The minimum absolute atomic E-state index is 0.123. The lowest BCUT2D eigenvalue weighted by atomic mass is 10.00. The second-order valence-corrected chi connectivity index (χ2v) is 3.49. The van der Waals surface area contributed by atoms with Crippen LogP contribution in [0.3, 0.4) is 0 Å². The van der Waals surface area contributed by atoms with Crippen LogP contribution in [0.2, 0.25) is 0 Å². The van der Waals surface area contributed by atoms with Gasteiger partial charge in [0.1, 0.15) is 6.10 Å². The molecule has 0 amide bonds. The maximum Gasteiger partial charge on any atom is 0.184 e. The summed E-state index contributed by atoms with van der Waals surface area (Å²) in [5.74, 6) is -0.326. The number of aliphatic hydroxyl groups excluding tert-OH is 2. The van der Waals surface area contributed by atoms with Crippen LogP contribution in [0.25, 0.3) is 0 Å². The molecule has 0 spiro atoms. The maximum atomic E-state index is 9.55. The second-order valence-electron chi connectivity index (χ2n) is 3.49. The largest absolute Gasteiger partial charge is 0.396 e. The third-order valence-corrected chi connectivity index (χ3v) is 2.52. The van der Waals surface area contributed by atoms with Gasteiger partial charge in [-0.05, 0) is 13.8 Å². The molecule has 0 aliphatic carbocycles. The lowest BCUT2D eigenvalue weighted by Gasteiger charge is -2.26. The number of rotatable bonds is 6. The van der Waals surface area contributed by atoms with E-state index in [9.17, 15) is 5.11 Å². The van der Waals surface area contributed by atoms with Crippen LogP contribution in [0, 0.1) is 5.92 Å². The van der Waals surface area contributed by atoms with Crippen LogP contribution >= 0.6 is 0 Å². The van der Waals surface area contributed by atoms with Gasteiger partial charge in [-0.15, -0.1) is 0 Å². The molecule has 1 saturated heterocycles. The Balaban J connectivity index is 2.57. The van der Waals surface area contributed by atoms with Crippen molar-refractivity contribution in [3.8, 4) is 0 Å². The van der Waals surface area contributed by atoms with Crippen molar-refractivity contribution in [2.75, 3.05) is 26.4 Å². The quantitative estimate of drug-likeness (QED) is 0.604. The van der Waals surface area contributed by atoms with Gasteiger partial charge in [-0.1, -0.05) is 0 Å². The summed E-state index contributed by atoms with van der Waals surface area (Å²) in [4.78, 5) is 0. The van der Waals surface area contributed by atoms with Gasteiger partial charge in [0.2, 0.25) is 0 Å². The van der Waals surface area contributed by atoms with E-state index >= 15 is 0 Å². The molecule has 1 fully saturated rings. The van der Waals surface area contributed by atoms with Crippen LogP contribution in [-0.4, -0.2) is 55.1 Å². The van der Waals surface area contributed by atoms with Crippen molar-refractivity contribution in [2.45, 2.75) is 32.3 Å². The Morgan fingerprint density at radius 3 is 2.40 bits per heavy atom. The molecule has 0 saturated carbocycles. The molecule has 1 heterocycles. The molecule has 0 aromatic heterocycles. The van der Waals surface area contributed by atoms with Gasteiger partial charge in [-0.2, -0.15) is 0 Å². The highest BCUT2D eigenvalue weighted by Gasteiger charge is 2.41. The summed E-state index contributed by atoms with van der Waals surface area (Å²) < 4.78 is 16.1. The summed E-state index contributed by atoms with van der Waals surface area (Å²) in [6, 6.07) is 0.